The first kappa shape index (κ1) is 35.1. The lowest BCUT2D eigenvalue weighted by Crippen LogP contribution is -2.33. The lowest BCUT2D eigenvalue weighted by atomic mass is 9.65. The van der Waals surface area contributed by atoms with Gasteiger partial charge in [0.25, 0.3) is 0 Å². The summed E-state index contributed by atoms with van der Waals surface area (Å²) < 4.78 is 26.5. The summed E-state index contributed by atoms with van der Waals surface area (Å²) in [5.74, 6) is 0. The number of para-hydroxylation sites is 6. The van der Waals surface area contributed by atoms with E-state index < -0.39 is 16.5 Å². The van der Waals surface area contributed by atoms with Crippen LogP contribution in [0.25, 0.3) is 66.1 Å². The molecule has 3 aliphatic rings. The number of aromatic nitrogens is 2. The third-order valence-electron chi connectivity index (χ3n) is 13.9. The smallest absolute Gasteiger partial charge is 0.191 e. The molecule has 0 bridgehead atoms. The molecule has 298 valence electrons. The summed E-state index contributed by atoms with van der Waals surface area (Å²) >= 11 is -1.81. The van der Waals surface area contributed by atoms with E-state index in [9.17, 15) is 0 Å². The number of anilines is 3. The fraction of sp³-hybridized carbons (Fsp3) is 0.0526. The Labute approximate surface area is 366 Å². The largest absolute Gasteiger partial charge is 0.309 e. The lowest BCUT2D eigenvalue weighted by Gasteiger charge is -2.39. The van der Waals surface area contributed by atoms with Gasteiger partial charge >= 0.3 is 0 Å². The van der Waals surface area contributed by atoms with Crippen LogP contribution in [0.3, 0.4) is 0 Å². The molecule has 4 heterocycles. The van der Waals surface area contributed by atoms with Crippen LogP contribution in [0.2, 0.25) is 0 Å². The van der Waals surface area contributed by atoms with Crippen LogP contribution in [0, 0.1) is 0 Å². The quantitative estimate of drug-likeness (QED) is 0.174. The van der Waals surface area contributed by atoms with Crippen molar-refractivity contribution in [1.29, 1.82) is 0 Å². The summed E-state index contributed by atoms with van der Waals surface area (Å²) in [5, 5.41) is 4.92. The number of hydrogen-bond donors (Lipinski definition) is 0. The van der Waals surface area contributed by atoms with Crippen molar-refractivity contribution in [2.45, 2.75) is 16.7 Å². The first-order chi connectivity index (χ1) is 31.2. The highest BCUT2D eigenvalue weighted by molar-refractivity contribution is 7.80. The second-order valence-electron chi connectivity index (χ2n) is 16.9. The molecule has 6 heteroatoms. The van der Waals surface area contributed by atoms with E-state index in [0.29, 0.717) is 17.9 Å². The molecule has 0 N–H and O–H groups in total. The van der Waals surface area contributed by atoms with Gasteiger partial charge in [0, 0.05) is 44.2 Å². The fourth-order valence-corrected chi connectivity index (χ4v) is 12.6. The minimum Gasteiger partial charge on any atom is -0.309 e. The van der Waals surface area contributed by atoms with Gasteiger partial charge in [0.1, 0.15) is 0 Å². The zero-order valence-electron chi connectivity index (χ0n) is 34.0. The SMILES string of the molecule is O=S1OCCc2ccccc2N(c2ccc(-n3c4ccccc4c4ccccc43)cc2)c2ccc3c(c21)-c1ccccc1C31c2ccccc2-n2c3ccccc3c3cccc1c32. The van der Waals surface area contributed by atoms with Crippen LogP contribution in [0.1, 0.15) is 27.8 Å². The van der Waals surface area contributed by atoms with Crippen molar-refractivity contribution in [3.8, 4) is 22.5 Å². The Morgan fingerprint density at radius 2 is 1.02 bits per heavy atom. The average molecular weight is 828 g/mol. The van der Waals surface area contributed by atoms with Gasteiger partial charge in [-0.2, -0.15) is 0 Å². The molecule has 0 amide bonds. The van der Waals surface area contributed by atoms with Crippen LogP contribution < -0.4 is 4.90 Å². The third kappa shape index (κ3) is 4.56. The number of fused-ring (bicyclic) bond motifs is 18. The molecule has 0 radical (unpaired) electrons. The maximum atomic E-state index is 15.2. The van der Waals surface area contributed by atoms with Gasteiger partial charge in [0.15, 0.2) is 11.1 Å². The Balaban J connectivity index is 1.05. The predicted octanol–water partition coefficient (Wildman–Crippen LogP) is 13.6. The Morgan fingerprint density at radius 1 is 0.444 bits per heavy atom. The van der Waals surface area contributed by atoms with Crippen LogP contribution in [-0.4, -0.2) is 19.9 Å². The highest BCUT2D eigenvalue weighted by Gasteiger charge is 2.52. The van der Waals surface area contributed by atoms with E-state index in [0.717, 1.165) is 50.7 Å². The normalized spacial score (nSPS) is 17.3. The van der Waals surface area contributed by atoms with Gasteiger partial charge in [-0.25, -0.2) is 4.21 Å². The molecule has 9 aromatic carbocycles. The second kappa shape index (κ2) is 13.0. The van der Waals surface area contributed by atoms with E-state index in [-0.39, 0.29) is 0 Å². The van der Waals surface area contributed by atoms with Crippen LogP contribution >= 0.6 is 0 Å². The maximum absolute atomic E-state index is 15.2. The van der Waals surface area contributed by atoms with Crippen molar-refractivity contribution in [3.63, 3.8) is 0 Å². The first-order valence-electron chi connectivity index (χ1n) is 21.6. The number of hydrogen-bond acceptors (Lipinski definition) is 3. The van der Waals surface area contributed by atoms with Gasteiger partial charge in [0.2, 0.25) is 0 Å². The predicted molar refractivity (Wildman–Crippen MR) is 257 cm³/mol. The minimum absolute atomic E-state index is 0.322. The van der Waals surface area contributed by atoms with Crippen molar-refractivity contribution in [2.24, 2.45) is 0 Å². The van der Waals surface area contributed by atoms with Crippen molar-refractivity contribution < 1.29 is 8.39 Å². The first-order valence-corrected chi connectivity index (χ1v) is 22.7. The Bertz CT molecular complexity index is 3710. The molecule has 2 unspecified atom stereocenters. The molecule has 14 rings (SSSR count). The van der Waals surface area contributed by atoms with E-state index in [1.807, 2.05) is 0 Å². The molecule has 0 saturated heterocycles. The molecule has 63 heavy (non-hydrogen) atoms. The third-order valence-corrected chi connectivity index (χ3v) is 15.1. The van der Waals surface area contributed by atoms with Gasteiger partial charge in [-0.15, -0.1) is 0 Å². The standard InChI is InChI=1S/C57H37N3O2S/c61-63-56-53(58(48-23-8-1-14-36(48)34-35-62-63)37-28-30-38(31-29-37)59-49-24-9-3-15-39(49)40-16-4-10-25-50(40)59)33-32-46-54(56)43-18-2-6-20-44(43)57(46)45-21-7-12-27-52(45)60-51-26-11-5-17-41(51)42-19-13-22-47(57)55(42)60/h1-33H,34-35H2. The molecular formula is C57H37N3O2S. The number of benzene rings is 9. The topological polar surface area (TPSA) is 39.4 Å². The molecule has 2 atom stereocenters. The van der Waals surface area contributed by atoms with Crippen LogP contribution in [0.4, 0.5) is 17.1 Å². The maximum Gasteiger partial charge on any atom is 0.191 e. The number of nitrogens with zero attached hydrogens (tertiary/aromatic N) is 3. The highest BCUT2D eigenvalue weighted by Crippen LogP contribution is 2.63. The second-order valence-corrected chi connectivity index (χ2v) is 18.0. The summed E-state index contributed by atoms with van der Waals surface area (Å²) in [4.78, 5) is 3.00. The van der Waals surface area contributed by atoms with Crippen LogP contribution in [0.15, 0.2) is 205 Å². The molecule has 0 saturated carbocycles. The van der Waals surface area contributed by atoms with Gasteiger partial charge in [-0.05, 0) is 100 Å². The Morgan fingerprint density at radius 3 is 1.78 bits per heavy atom. The summed E-state index contributed by atoms with van der Waals surface area (Å²) in [6.07, 6.45) is 0.620. The van der Waals surface area contributed by atoms with Gasteiger partial charge in [0.05, 0.1) is 50.4 Å². The van der Waals surface area contributed by atoms with Crippen molar-refractivity contribution in [2.75, 3.05) is 11.5 Å². The zero-order chi connectivity index (χ0) is 41.4. The summed E-state index contributed by atoms with van der Waals surface area (Å²) in [5.41, 5.74) is 17.1. The molecule has 0 fully saturated rings. The Kier molecular flexibility index (Phi) is 7.25. The van der Waals surface area contributed by atoms with E-state index in [4.69, 9.17) is 4.18 Å². The van der Waals surface area contributed by atoms with E-state index in [2.05, 4.69) is 214 Å². The average Bonchev–Trinajstić information content (AvgIpc) is 3.97. The van der Waals surface area contributed by atoms with Crippen LogP contribution in [0.5, 0.6) is 0 Å². The highest BCUT2D eigenvalue weighted by atomic mass is 32.2. The molecule has 5 nitrogen and oxygen atoms in total. The lowest BCUT2D eigenvalue weighted by molar-refractivity contribution is 0.353. The van der Waals surface area contributed by atoms with Crippen molar-refractivity contribution in [3.05, 3.63) is 228 Å². The Hall–Kier alpha value is -7.51. The van der Waals surface area contributed by atoms with Gasteiger partial charge < -0.3 is 14.0 Å². The van der Waals surface area contributed by atoms with Crippen molar-refractivity contribution >= 4 is 71.8 Å². The van der Waals surface area contributed by atoms with E-state index in [1.54, 1.807) is 0 Å². The summed E-state index contributed by atoms with van der Waals surface area (Å²) in [6.45, 7) is 0.322. The summed E-state index contributed by atoms with van der Waals surface area (Å²) in [7, 11) is 0. The zero-order valence-corrected chi connectivity index (χ0v) is 34.8. The monoisotopic (exact) mass is 827 g/mol. The van der Waals surface area contributed by atoms with Crippen LogP contribution in [-0.2, 0) is 27.1 Å². The molecule has 1 aliphatic carbocycles. The summed E-state index contributed by atoms with van der Waals surface area (Å²) in [6, 6.07) is 72.4. The molecular weight excluding hydrogens is 791 g/mol. The fourth-order valence-electron chi connectivity index (χ4n) is 11.5. The van der Waals surface area contributed by atoms with Gasteiger partial charge in [-0.3, -0.25) is 4.18 Å². The van der Waals surface area contributed by atoms with E-state index in [1.165, 1.54) is 60.3 Å². The van der Waals surface area contributed by atoms with Crippen molar-refractivity contribution in [1.82, 2.24) is 9.13 Å². The number of rotatable bonds is 2. The molecule has 11 aromatic rings. The molecule has 2 aromatic heterocycles. The van der Waals surface area contributed by atoms with Gasteiger partial charge in [-0.1, -0.05) is 140 Å². The minimum atomic E-state index is -1.81. The molecule has 2 aliphatic heterocycles. The molecule has 1 spiro atoms. The van der Waals surface area contributed by atoms with E-state index >= 15 is 4.21 Å².